The van der Waals surface area contributed by atoms with Crippen LogP contribution >= 0.6 is 0 Å². The number of amides is 1. The summed E-state index contributed by atoms with van der Waals surface area (Å²) in [6.45, 7) is 4.38. The molecule has 1 saturated heterocycles. The van der Waals surface area contributed by atoms with Crippen LogP contribution in [0.1, 0.15) is 57.4 Å². The number of hydrogen-bond donors (Lipinski definition) is 3. The molecule has 3 heterocycles. The lowest BCUT2D eigenvalue weighted by molar-refractivity contribution is 0.0965. The molecule has 2 aromatic carbocycles. The lowest BCUT2D eigenvalue weighted by atomic mass is 9.94. The summed E-state index contributed by atoms with van der Waals surface area (Å²) < 4.78 is 6.18. The Bertz CT molecular complexity index is 961. The molecular weight excluding hydrogens is 362 g/mol. The molecule has 2 aromatic rings. The zero-order valence-electron chi connectivity index (χ0n) is 16.5. The Morgan fingerprint density at radius 1 is 0.897 bits per heavy atom. The number of carbonyl (C=O) groups excluding carboxylic acids is 1. The van der Waals surface area contributed by atoms with Crippen LogP contribution in [0.3, 0.4) is 0 Å². The van der Waals surface area contributed by atoms with Gasteiger partial charge in [-0.3, -0.25) is 4.79 Å². The van der Waals surface area contributed by atoms with Gasteiger partial charge in [0.25, 0.3) is 5.91 Å². The maximum absolute atomic E-state index is 12.0. The van der Waals surface area contributed by atoms with Crippen molar-refractivity contribution in [2.24, 2.45) is 11.8 Å². The van der Waals surface area contributed by atoms with Gasteiger partial charge in [-0.1, -0.05) is 24.3 Å². The van der Waals surface area contributed by atoms with Crippen molar-refractivity contribution >= 4 is 5.91 Å². The van der Waals surface area contributed by atoms with Crippen LogP contribution < -0.4 is 20.7 Å². The summed E-state index contributed by atoms with van der Waals surface area (Å²) in [6.07, 6.45) is 2.62. The monoisotopic (exact) mass is 389 g/mol. The first-order valence-electron chi connectivity index (χ1n) is 10.9. The fourth-order valence-electron chi connectivity index (χ4n) is 5.70. The molecule has 150 valence electrons. The van der Waals surface area contributed by atoms with E-state index in [2.05, 4.69) is 46.3 Å². The highest BCUT2D eigenvalue weighted by molar-refractivity contribution is 5.98. The summed E-state index contributed by atoms with van der Waals surface area (Å²) in [6, 6.07) is 13.1. The summed E-state index contributed by atoms with van der Waals surface area (Å²) >= 11 is 0. The van der Waals surface area contributed by atoms with Crippen molar-refractivity contribution in [1.29, 1.82) is 0 Å². The van der Waals surface area contributed by atoms with Crippen LogP contribution in [0.4, 0.5) is 0 Å². The maximum Gasteiger partial charge on any atom is 0.251 e. The number of rotatable bonds is 2. The van der Waals surface area contributed by atoms with Gasteiger partial charge in [0, 0.05) is 24.2 Å². The van der Waals surface area contributed by atoms with Crippen molar-refractivity contribution in [3.05, 3.63) is 64.2 Å². The molecule has 5 heteroatoms. The molecule has 3 aliphatic heterocycles. The molecule has 5 nitrogen and oxygen atoms in total. The van der Waals surface area contributed by atoms with E-state index >= 15 is 0 Å². The van der Waals surface area contributed by atoms with Gasteiger partial charge in [-0.05, 0) is 72.5 Å². The molecule has 2 fully saturated rings. The van der Waals surface area contributed by atoms with Crippen molar-refractivity contribution in [3.63, 3.8) is 0 Å². The Labute approximate surface area is 171 Å². The van der Waals surface area contributed by atoms with Gasteiger partial charge in [0.1, 0.15) is 12.4 Å². The molecule has 1 saturated carbocycles. The topological polar surface area (TPSA) is 62.4 Å². The van der Waals surface area contributed by atoms with E-state index in [9.17, 15) is 4.79 Å². The average Bonchev–Trinajstić information content (AvgIpc) is 3.40. The average molecular weight is 389 g/mol. The first-order valence-corrected chi connectivity index (χ1v) is 10.9. The van der Waals surface area contributed by atoms with E-state index in [1.54, 1.807) is 0 Å². The highest BCUT2D eigenvalue weighted by Gasteiger charge is 2.38. The van der Waals surface area contributed by atoms with Gasteiger partial charge in [0.15, 0.2) is 0 Å². The minimum Gasteiger partial charge on any atom is -0.491 e. The summed E-state index contributed by atoms with van der Waals surface area (Å²) in [4.78, 5) is 12.0. The van der Waals surface area contributed by atoms with E-state index < -0.39 is 0 Å². The Hall–Kier alpha value is -2.37. The third kappa shape index (κ3) is 3.04. The van der Waals surface area contributed by atoms with Gasteiger partial charge >= 0.3 is 0 Å². The highest BCUT2D eigenvalue weighted by Crippen LogP contribution is 2.44. The van der Waals surface area contributed by atoms with Crippen molar-refractivity contribution < 1.29 is 9.53 Å². The number of ether oxygens (including phenoxy) is 1. The Morgan fingerprint density at radius 2 is 1.72 bits per heavy atom. The zero-order chi connectivity index (χ0) is 19.4. The van der Waals surface area contributed by atoms with E-state index in [-0.39, 0.29) is 11.9 Å². The lowest BCUT2D eigenvalue weighted by Gasteiger charge is -2.16. The van der Waals surface area contributed by atoms with E-state index in [1.807, 2.05) is 6.07 Å². The molecule has 3 N–H and O–H groups in total. The molecule has 1 amide bonds. The third-order valence-electron chi connectivity index (χ3n) is 7.37. The molecule has 6 rings (SSSR count). The molecule has 3 atom stereocenters. The minimum atomic E-state index is 0.0286. The first kappa shape index (κ1) is 17.5. The third-order valence-corrected chi connectivity index (χ3v) is 7.37. The number of fused-ring (bicyclic) bond motifs is 3. The van der Waals surface area contributed by atoms with E-state index in [0.29, 0.717) is 19.1 Å². The van der Waals surface area contributed by atoms with Crippen LogP contribution in [0.2, 0.25) is 0 Å². The predicted octanol–water partition coefficient (Wildman–Crippen LogP) is 2.87. The second-order valence-electron chi connectivity index (χ2n) is 9.06. The number of carbonyl (C=O) groups is 1. The molecule has 29 heavy (non-hydrogen) atoms. The molecule has 0 spiro atoms. The number of benzene rings is 2. The highest BCUT2D eigenvalue weighted by atomic mass is 16.5. The van der Waals surface area contributed by atoms with Crippen LogP contribution in [-0.2, 0) is 13.1 Å². The molecule has 1 aliphatic carbocycles. The predicted molar refractivity (Wildman–Crippen MR) is 111 cm³/mol. The Kier molecular flexibility index (Phi) is 4.13. The van der Waals surface area contributed by atoms with E-state index in [0.717, 1.165) is 40.8 Å². The van der Waals surface area contributed by atoms with Crippen LogP contribution in [0.5, 0.6) is 5.75 Å². The van der Waals surface area contributed by atoms with Crippen molar-refractivity contribution in [2.45, 2.75) is 37.9 Å². The van der Waals surface area contributed by atoms with Crippen molar-refractivity contribution in [3.8, 4) is 5.75 Å². The standard InChI is InChI=1S/C24H27N3O2/c28-24-21-8-15(1-2-16(21)11-27-24)22-13-29-23-4-3-14(5-20(23)12-26-22)17-6-18-9-25-10-19(18)7-17/h1-5,8,17-19,22,25-26H,6-7,9-13H2,(H,27,28). The number of nitrogens with one attached hydrogen (secondary N) is 3. The summed E-state index contributed by atoms with van der Waals surface area (Å²) in [5, 5.41) is 10.1. The van der Waals surface area contributed by atoms with E-state index in [1.165, 1.54) is 37.1 Å². The molecule has 0 radical (unpaired) electrons. The lowest BCUT2D eigenvalue weighted by Crippen LogP contribution is -2.24. The second-order valence-corrected chi connectivity index (χ2v) is 9.06. The van der Waals surface area contributed by atoms with Gasteiger partial charge in [-0.2, -0.15) is 0 Å². The minimum absolute atomic E-state index is 0.0286. The molecule has 0 aromatic heterocycles. The quantitative estimate of drug-likeness (QED) is 0.739. The Balaban J connectivity index is 1.20. The normalized spacial score (nSPS) is 30.1. The van der Waals surface area contributed by atoms with Gasteiger partial charge in [-0.15, -0.1) is 0 Å². The van der Waals surface area contributed by atoms with Crippen LogP contribution in [-0.4, -0.2) is 25.6 Å². The maximum atomic E-state index is 12.0. The fourth-order valence-corrected chi connectivity index (χ4v) is 5.70. The number of hydrogen-bond acceptors (Lipinski definition) is 4. The van der Waals surface area contributed by atoms with Crippen LogP contribution in [0.25, 0.3) is 0 Å². The summed E-state index contributed by atoms with van der Waals surface area (Å²) in [7, 11) is 0. The van der Waals surface area contributed by atoms with Gasteiger partial charge in [0.05, 0.1) is 6.04 Å². The Morgan fingerprint density at radius 3 is 2.59 bits per heavy atom. The summed E-state index contributed by atoms with van der Waals surface area (Å²) in [5.74, 6) is 3.42. The zero-order valence-corrected chi connectivity index (χ0v) is 16.5. The van der Waals surface area contributed by atoms with Gasteiger partial charge in [0.2, 0.25) is 0 Å². The molecular formula is C24H27N3O2. The molecule has 4 aliphatic rings. The molecule has 3 unspecified atom stereocenters. The smallest absolute Gasteiger partial charge is 0.251 e. The van der Waals surface area contributed by atoms with Crippen molar-refractivity contribution in [1.82, 2.24) is 16.0 Å². The van der Waals surface area contributed by atoms with E-state index in [4.69, 9.17) is 4.74 Å². The molecule has 0 bridgehead atoms. The van der Waals surface area contributed by atoms with Crippen molar-refractivity contribution in [2.75, 3.05) is 19.7 Å². The van der Waals surface area contributed by atoms with Crippen LogP contribution in [0.15, 0.2) is 36.4 Å². The van der Waals surface area contributed by atoms with Gasteiger partial charge in [-0.25, -0.2) is 0 Å². The fraction of sp³-hybridized carbons (Fsp3) is 0.458. The van der Waals surface area contributed by atoms with Gasteiger partial charge < -0.3 is 20.7 Å². The SMILES string of the molecule is O=C1NCc2ccc(C3COc4ccc(C5CC6CNCC6C5)cc4CN3)cc21. The first-order chi connectivity index (χ1) is 14.2. The second kappa shape index (κ2) is 6.85. The largest absolute Gasteiger partial charge is 0.491 e. The summed E-state index contributed by atoms with van der Waals surface area (Å²) in [5.41, 5.74) is 5.72. The van der Waals surface area contributed by atoms with Crippen LogP contribution in [0, 0.1) is 11.8 Å².